The standard InChI is InChI=1S/C20H18N4O2S/c1-11-4-9-16-15(10-11)18(24-23-16)19(25)22-20-21-17(12(2)27-20)13-5-7-14(26-3)8-6-13/h4-10H,1-3H3,(H,23,24)(H,21,22,25). The minimum absolute atomic E-state index is 0.276. The van der Waals surface area contributed by atoms with Crippen LogP contribution in [-0.2, 0) is 0 Å². The van der Waals surface area contributed by atoms with E-state index in [4.69, 9.17) is 4.74 Å². The second-order valence-corrected chi connectivity index (χ2v) is 7.43. The molecule has 0 spiro atoms. The molecule has 2 N–H and O–H groups in total. The second kappa shape index (κ2) is 6.85. The van der Waals surface area contributed by atoms with Crippen molar-refractivity contribution in [3.63, 3.8) is 0 Å². The summed E-state index contributed by atoms with van der Waals surface area (Å²) in [4.78, 5) is 18.3. The molecular weight excluding hydrogens is 360 g/mol. The number of carbonyl (C=O) groups excluding carboxylic acids is 1. The summed E-state index contributed by atoms with van der Waals surface area (Å²) in [5.74, 6) is 0.516. The van der Waals surface area contributed by atoms with Crippen LogP contribution in [0.25, 0.3) is 22.2 Å². The summed E-state index contributed by atoms with van der Waals surface area (Å²) >= 11 is 1.44. The molecular formula is C20H18N4O2S. The topological polar surface area (TPSA) is 79.9 Å². The lowest BCUT2D eigenvalue weighted by atomic mass is 10.1. The van der Waals surface area contributed by atoms with E-state index in [0.717, 1.165) is 38.4 Å². The highest BCUT2D eigenvalue weighted by Gasteiger charge is 2.17. The smallest absolute Gasteiger partial charge is 0.278 e. The third-order valence-electron chi connectivity index (χ3n) is 4.31. The number of benzene rings is 2. The van der Waals surface area contributed by atoms with Gasteiger partial charge in [0.15, 0.2) is 10.8 Å². The van der Waals surface area contributed by atoms with Crippen molar-refractivity contribution in [2.45, 2.75) is 13.8 Å². The predicted molar refractivity (Wildman–Crippen MR) is 108 cm³/mol. The molecule has 4 rings (SSSR count). The molecule has 2 aromatic carbocycles. The zero-order valence-electron chi connectivity index (χ0n) is 15.2. The Morgan fingerprint density at radius 3 is 2.67 bits per heavy atom. The molecule has 0 atom stereocenters. The van der Waals surface area contributed by atoms with Crippen LogP contribution in [-0.4, -0.2) is 28.2 Å². The highest BCUT2D eigenvalue weighted by Crippen LogP contribution is 2.31. The molecule has 2 heterocycles. The van der Waals surface area contributed by atoms with Crippen LogP contribution in [0, 0.1) is 13.8 Å². The second-order valence-electron chi connectivity index (χ2n) is 6.23. The molecule has 4 aromatic rings. The summed E-state index contributed by atoms with van der Waals surface area (Å²) in [5, 5.41) is 11.3. The Bertz CT molecular complexity index is 1130. The third kappa shape index (κ3) is 3.29. The van der Waals surface area contributed by atoms with Gasteiger partial charge in [0.25, 0.3) is 5.91 Å². The van der Waals surface area contributed by atoms with Gasteiger partial charge in [0, 0.05) is 15.8 Å². The zero-order valence-corrected chi connectivity index (χ0v) is 16.0. The van der Waals surface area contributed by atoms with Crippen LogP contribution in [0.5, 0.6) is 5.75 Å². The lowest BCUT2D eigenvalue weighted by Crippen LogP contribution is -2.12. The number of nitrogens with zero attached hydrogens (tertiary/aromatic N) is 2. The molecule has 7 heteroatoms. The molecule has 1 amide bonds. The maximum absolute atomic E-state index is 12.7. The number of carbonyl (C=O) groups is 1. The highest BCUT2D eigenvalue weighted by atomic mass is 32.1. The molecule has 2 aromatic heterocycles. The van der Waals surface area contributed by atoms with Gasteiger partial charge >= 0.3 is 0 Å². The third-order valence-corrected chi connectivity index (χ3v) is 5.20. The summed E-state index contributed by atoms with van der Waals surface area (Å²) in [6.07, 6.45) is 0. The number of hydrogen-bond acceptors (Lipinski definition) is 5. The molecule has 0 bridgehead atoms. The van der Waals surface area contributed by atoms with Gasteiger partial charge in [-0.1, -0.05) is 11.6 Å². The number of aromatic amines is 1. The molecule has 136 valence electrons. The van der Waals surface area contributed by atoms with E-state index in [1.807, 2.05) is 56.3 Å². The Kier molecular flexibility index (Phi) is 4.37. The summed E-state index contributed by atoms with van der Waals surface area (Å²) in [6.45, 7) is 3.97. The number of rotatable bonds is 4. The molecule has 0 saturated carbocycles. The number of nitrogens with one attached hydrogen (secondary N) is 2. The van der Waals surface area contributed by atoms with E-state index < -0.39 is 0 Å². The van der Waals surface area contributed by atoms with Gasteiger partial charge in [-0.15, -0.1) is 11.3 Å². The molecule has 0 radical (unpaired) electrons. The average molecular weight is 378 g/mol. The van der Waals surface area contributed by atoms with Crippen molar-refractivity contribution >= 4 is 33.3 Å². The Labute approximate surface area is 160 Å². The molecule has 0 saturated heterocycles. The van der Waals surface area contributed by atoms with E-state index in [1.165, 1.54) is 11.3 Å². The first-order valence-corrected chi connectivity index (χ1v) is 9.25. The SMILES string of the molecule is COc1ccc(-c2nc(NC(=O)c3n[nH]c4ccc(C)cc34)sc2C)cc1. The number of aromatic nitrogens is 3. The van der Waals surface area contributed by atoms with Crippen LogP contribution in [0.4, 0.5) is 5.13 Å². The molecule has 0 aliphatic rings. The fraction of sp³-hybridized carbons (Fsp3) is 0.150. The summed E-state index contributed by atoms with van der Waals surface area (Å²) in [5.41, 5.74) is 4.10. The molecule has 0 aliphatic heterocycles. The molecule has 0 fully saturated rings. The lowest BCUT2D eigenvalue weighted by molar-refractivity contribution is 0.102. The Balaban J connectivity index is 1.60. The summed E-state index contributed by atoms with van der Waals surface area (Å²) in [7, 11) is 1.64. The predicted octanol–water partition coefficient (Wildman–Crippen LogP) is 4.56. The maximum Gasteiger partial charge on any atom is 0.278 e. The first-order chi connectivity index (χ1) is 13.0. The molecule has 6 nitrogen and oxygen atoms in total. The first kappa shape index (κ1) is 17.2. The number of aryl methyl sites for hydroxylation is 2. The van der Waals surface area contributed by atoms with Gasteiger partial charge in [-0.3, -0.25) is 15.2 Å². The molecule has 0 aliphatic carbocycles. The number of fused-ring (bicyclic) bond motifs is 1. The monoisotopic (exact) mass is 378 g/mol. The van der Waals surface area contributed by atoms with Gasteiger partial charge in [-0.05, 0) is 50.2 Å². The van der Waals surface area contributed by atoms with E-state index >= 15 is 0 Å². The van der Waals surface area contributed by atoms with Crippen LogP contribution in [0.15, 0.2) is 42.5 Å². The van der Waals surface area contributed by atoms with E-state index in [9.17, 15) is 4.79 Å². The maximum atomic E-state index is 12.7. The van der Waals surface area contributed by atoms with Crippen molar-refractivity contribution in [1.29, 1.82) is 0 Å². The quantitative estimate of drug-likeness (QED) is 0.545. The number of methoxy groups -OCH3 is 1. The molecule has 27 heavy (non-hydrogen) atoms. The Hall–Kier alpha value is -3.19. The van der Waals surface area contributed by atoms with Crippen LogP contribution in [0.1, 0.15) is 20.9 Å². The van der Waals surface area contributed by atoms with E-state index in [-0.39, 0.29) is 5.91 Å². The average Bonchev–Trinajstić information content (AvgIpc) is 3.24. The number of thiazole rings is 1. The van der Waals surface area contributed by atoms with E-state index in [2.05, 4.69) is 20.5 Å². The van der Waals surface area contributed by atoms with Crippen LogP contribution >= 0.6 is 11.3 Å². The fourth-order valence-electron chi connectivity index (χ4n) is 2.92. The van der Waals surface area contributed by atoms with Crippen LogP contribution in [0.3, 0.4) is 0 Å². The molecule has 0 unspecified atom stereocenters. The van der Waals surface area contributed by atoms with Crippen LogP contribution < -0.4 is 10.1 Å². The van der Waals surface area contributed by atoms with Crippen molar-refractivity contribution in [3.05, 3.63) is 58.6 Å². The van der Waals surface area contributed by atoms with E-state index in [0.29, 0.717) is 10.8 Å². The van der Waals surface area contributed by atoms with Gasteiger partial charge in [0.2, 0.25) is 0 Å². The largest absolute Gasteiger partial charge is 0.497 e. The number of anilines is 1. The van der Waals surface area contributed by atoms with E-state index in [1.54, 1.807) is 7.11 Å². The fourth-order valence-corrected chi connectivity index (χ4v) is 3.75. The first-order valence-electron chi connectivity index (χ1n) is 8.43. The lowest BCUT2D eigenvalue weighted by Gasteiger charge is -2.02. The summed E-state index contributed by atoms with van der Waals surface area (Å²) < 4.78 is 5.19. The Morgan fingerprint density at radius 1 is 1.15 bits per heavy atom. The minimum Gasteiger partial charge on any atom is -0.497 e. The van der Waals surface area contributed by atoms with Gasteiger partial charge in [-0.25, -0.2) is 4.98 Å². The number of H-pyrrole nitrogens is 1. The van der Waals surface area contributed by atoms with Gasteiger partial charge in [0.1, 0.15) is 5.75 Å². The van der Waals surface area contributed by atoms with Crippen molar-refractivity contribution < 1.29 is 9.53 Å². The van der Waals surface area contributed by atoms with Crippen molar-refractivity contribution in [3.8, 4) is 17.0 Å². The zero-order chi connectivity index (χ0) is 19.0. The van der Waals surface area contributed by atoms with Crippen LogP contribution in [0.2, 0.25) is 0 Å². The van der Waals surface area contributed by atoms with Crippen molar-refractivity contribution in [2.24, 2.45) is 0 Å². The van der Waals surface area contributed by atoms with Gasteiger partial charge in [-0.2, -0.15) is 5.10 Å². The minimum atomic E-state index is -0.276. The van der Waals surface area contributed by atoms with Crippen molar-refractivity contribution in [1.82, 2.24) is 15.2 Å². The van der Waals surface area contributed by atoms with Crippen molar-refractivity contribution in [2.75, 3.05) is 12.4 Å². The number of ether oxygens (including phenoxy) is 1. The highest BCUT2D eigenvalue weighted by molar-refractivity contribution is 7.16. The number of hydrogen-bond donors (Lipinski definition) is 2. The van der Waals surface area contributed by atoms with Gasteiger partial charge in [0.05, 0.1) is 18.3 Å². The van der Waals surface area contributed by atoms with Gasteiger partial charge < -0.3 is 4.74 Å². The number of amides is 1. The summed E-state index contributed by atoms with van der Waals surface area (Å²) in [6, 6.07) is 13.5. The normalized spacial score (nSPS) is 10.9. The Morgan fingerprint density at radius 2 is 1.93 bits per heavy atom.